The van der Waals surface area contributed by atoms with Gasteiger partial charge in [-0.25, -0.2) is 0 Å². The number of carbonyl (C=O) groups is 1. The van der Waals surface area contributed by atoms with Crippen molar-refractivity contribution in [2.75, 3.05) is 5.32 Å². The van der Waals surface area contributed by atoms with Crippen molar-refractivity contribution in [3.05, 3.63) is 33.9 Å². The Hall–Kier alpha value is -1.91. The molecule has 0 unspecified atom stereocenters. The van der Waals surface area contributed by atoms with Crippen molar-refractivity contribution < 1.29 is 9.72 Å². The van der Waals surface area contributed by atoms with Gasteiger partial charge in [-0.05, 0) is 25.8 Å². The van der Waals surface area contributed by atoms with Gasteiger partial charge in [0.25, 0.3) is 5.69 Å². The molecule has 1 aromatic rings. The SMILES string of the molecule is CC(=O)c1cc([N+](=O)[O-])ccc1NC1CC1. The molecule has 0 spiro atoms. The van der Waals surface area contributed by atoms with Crippen LogP contribution in [0.4, 0.5) is 11.4 Å². The highest BCUT2D eigenvalue weighted by Crippen LogP contribution is 2.29. The third-order valence-electron chi connectivity index (χ3n) is 2.53. The minimum atomic E-state index is -0.493. The van der Waals surface area contributed by atoms with Gasteiger partial charge in [-0.2, -0.15) is 0 Å². The Morgan fingerprint density at radius 1 is 1.50 bits per heavy atom. The highest BCUT2D eigenvalue weighted by Gasteiger charge is 2.23. The molecule has 84 valence electrons. The second-order valence-corrected chi connectivity index (χ2v) is 3.96. The number of non-ortho nitro benzene ring substituents is 1. The van der Waals surface area contributed by atoms with Crippen LogP contribution in [0.25, 0.3) is 0 Å². The number of nitro groups is 1. The van der Waals surface area contributed by atoms with Crippen LogP contribution in [0, 0.1) is 10.1 Å². The standard InChI is InChI=1S/C11H12N2O3/c1-7(14)10-6-9(13(15)16)4-5-11(10)12-8-2-3-8/h4-6,8,12H,2-3H2,1H3. The van der Waals surface area contributed by atoms with E-state index in [9.17, 15) is 14.9 Å². The van der Waals surface area contributed by atoms with E-state index in [2.05, 4.69) is 5.32 Å². The molecule has 16 heavy (non-hydrogen) atoms. The van der Waals surface area contributed by atoms with Gasteiger partial charge in [-0.1, -0.05) is 0 Å². The third kappa shape index (κ3) is 2.18. The van der Waals surface area contributed by atoms with Crippen LogP contribution in [-0.4, -0.2) is 16.7 Å². The van der Waals surface area contributed by atoms with Crippen molar-refractivity contribution in [3.63, 3.8) is 0 Å². The van der Waals surface area contributed by atoms with E-state index >= 15 is 0 Å². The fourth-order valence-electron chi connectivity index (χ4n) is 1.51. The van der Waals surface area contributed by atoms with Crippen LogP contribution in [-0.2, 0) is 0 Å². The van der Waals surface area contributed by atoms with E-state index in [0.29, 0.717) is 17.3 Å². The smallest absolute Gasteiger partial charge is 0.270 e. The Kier molecular flexibility index (Phi) is 2.60. The van der Waals surface area contributed by atoms with Crippen molar-refractivity contribution in [2.24, 2.45) is 0 Å². The van der Waals surface area contributed by atoms with Crippen LogP contribution in [0.2, 0.25) is 0 Å². The molecule has 1 aliphatic rings. The number of nitro benzene ring substituents is 1. The zero-order valence-electron chi connectivity index (χ0n) is 8.90. The summed E-state index contributed by atoms with van der Waals surface area (Å²) in [6, 6.07) is 4.76. The molecule has 0 amide bonds. The number of ketones is 1. The summed E-state index contributed by atoms with van der Waals surface area (Å²) >= 11 is 0. The molecule has 1 saturated carbocycles. The lowest BCUT2D eigenvalue weighted by atomic mass is 10.1. The highest BCUT2D eigenvalue weighted by molar-refractivity contribution is 6.00. The fourth-order valence-corrected chi connectivity index (χ4v) is 1.51. The van der Waals surface area contributed by atoms with Gasteiger partial charge in [0.1, 0.15) is 0 Å². The Balaban J connectivity index is 2.35. The molecule has 0 bridgehead atoms. The second kappa shape index (κ2) is 3.92. The van der Waals surface area contributed by atoms with Gasteiger partial charge in [0.15, 0.2) is 5.78 Å². The predicted molar refractivity (Wildman–Crippen MR) is 59.7 cm³/mol. The van der Waals surface area contributed by atoms with E-state index < -0.39 is 4.92 Å². The number of carbonyl (C=O) groups excluding carboxylic acids is 1. The first-order valence-electron chi connectivity index (χ1n) is 5.14. The second-order valence-electron chi connectivity index (χ2n) is 3.96. The Labute approximate surface area is 92.6 Å². The average molecular weight is 220 g/mol. The minimum absolute atomic E-state index is 0.0495. The molecule has 5 heteroatoms. The number of nitrogens with zero attached hydrogens (tertiary/aromatic N) is 1. The molecule has 0 aliphatic heterocycles. The van der Waals surface area contributed by atoms with Gasteiger partial charge in [-0.3, -0.25) is 14.9 Å². The normalized spacial score (nSPS) is 14.6. The molecule has 2 rings (SSSR count). The van der Waals surface area contributed by atoms with Crippen LogP contribution in [0.3, 0.4) is 0 Å². The minimum Gasteiger partial charge on any atom is -0.382 e. The van der Waals surface area contributed by atoms with Crippen molar-refractivity contribution in [3.8, 4) is 0 Å². The summed E-state index contributed by atoms with van der Waals surface area (Å²) in [5, 5.41) is 13.8. The summed E-state index contributed by atoms with van der Waals surface area (Å²) in [6.07, 6.45) is 2.18. The first-order chi connectivity index (χ1) is 7.58. The maximum absolute atomic E-state index is 11.4. The lowest BCUT2D eigenvalue weighted by molar-refractivity contribution is -0.384. The monoisotopic (exact) mass is 220 g/mol. The maximum atomic E-state index is 11.4. The van der Waals surface area contributed by atoms with Gasteiger partial charge in [-0.15, -0.1) is 0 Å². The van der Waals surface area contributed by atoms with Gasteiger partial charge in [0.2, 0.25) is 0 Å². The molecule has 0 radical (unpaired) electrons. The Bertz CT molecular complexity index is 453. The van der Waals surface area contributed by atoms with E-state index in [4.69, 9.17) is 0 Å². The molecule has 0 atom stereocenters. The lowest BCUT2D eigenvalue weighted by Crippen LogP contribution is -2.07. The number of hydrogen-bond acceptors (Lipinski definition) is 4. The van der Waals surface area contributed by atoms with Crippen LogP contribution < -0.4 is 5.32 Å². The summed E-state index contributed by atoms with van der Waals surface area (Å²) in [7, 11) is 0. The predicted octanol–water partition coefficient (Wildman–Crippen LogP) is 2.37. The Morgan fingerprint density at radius 2 is 2.19 bits per heavy atom. The molecular weight excluding hydrogens is 208 g/mol. The molecular formula is C11H12N2O3. The van der Waals surface area contributed by atoms with Crippen molar-refractivity contribution >= 4 is 17.2 Å². The molecule has 1 aliphatic carbocycles. The van der Waals surface area contributed by atoms with Gasteiger partial charge in [0.05, 0.1) is 4.92 Å². The number of hydrogen-bond donors (Lipinski definition) is 1. The average Bonchev–Trinajstić information content (AvgIpc) is 3.01. The molecule has 1 aromatic carbocycles. The zero-order chi connectivity index (χ0) is 11.7. The molecule has 0 heterocycles. The van der Waals surface area contributed by atoms with Crippen LogP contribution >= 0.6 is 0 Å². The molecule has 0 aromatic heterocycles. The maximum Gasteiger partial charge on any atom is 0.270 e. The van der Waals surface area contributed by atoms with E-state index in [-0.39, 0.29) is 11.5 Å². The number of anilines is 1. The van der Waals surface area contributed by atoms with Gasteiger partial charge < -0.3 is 5.32 Å². The van der Waals surface area contributed by atoms with Crippen LogP contribution in [0.15, 0.2) is 18.2 Å². The molecule has 1 N–H and O–H groups in total. The van der Waals surface area contributed by atoms with Crippen molar-refractivity contribution in [1.82, 2.24) is 0 Å². The quantitative estimate of drug-likeness (QED) is 0.480. The molecule has 0 saturated heterocycles. The van der Waals surface area contributed by atoms with Gasteiger partial charge >= 0.3 is 0 Å². The largest absolute Gasteiger partial charge is 0.382 e. The summed E-state index contributed by atoms with van der Waals surface area (Å²) in [4.78, 5) is 21.5. The fraction of sp³-hybridized carbons (Fsp3) is 0.364. The lowest BCUT2D eigenvalue weighted by Gasteiger charge is -2.08. The van der Waals surface area contributed by atoms with Crippen LogP contribution in [0.1, 0.15) is 30.1 Å². The topological polar surface area (TPSA) is 72.2 Å². The van der Waals surface area contributed by atoms with Gasteiger partial charge in [0, 0.05) is 29.4 Å². The van der Waals surface area contributed by atoms with Crippen LogP contribution in [0.5, 0.6) is 0 Å². The third-order valence-corrected chi connectivity index (χ3v) is 2.53. The first-order valence-corrected chi connectivity index (χ1v) is 5.14. The molecule has 5 nitrogen and oxygen atoms in total. The summed E-state index contributed by atoms with van der Waals surface area (Å²) < 4.78 is 0. The summed E-state index contributed by atoms with van der Waals surface area (Å²) in [6.45, 7) is 1.41. The van der Waals surface area contributed by atoms with Crippen molar-refractivity contribution in [1.29, 1.82) is 0 Å². The van der Waals surface area contributed by atoms with E-state index in [1.54, 1.807) is 6.07 Å². The Morgan fingerprint density at radius 3 is 2.69 bits per heavy atom. The summed E-state index contributed by atoms with van der Waals surface area (Å²) in [5.74, 6) is -0.160. The number of rotatable bonds is 4. The number of nitrogens with one attached hydrogen (secondary N) is 1. The van der Waals surface area contributed by atoms with E-state index in [1.165, 1.54) is 19.1 Å². The van der Waals surface area contributed by atoms with E-state index in [1.807, 2.05) is 0 Å². The summed E-state index contributed by atoms with van der Waals surface area (Å²) in [5.41, 5.74) is 1.04. The number of benzene rings is 1. The van der Waals surface area contributed by atoms with Crippen molar-refractivity contribution in [2.45, 2.75) is 25.8 Å². The molecule has 1 fully saturated rings. The number of Topliss-reactive ketones (excluding diaryl/α,β-unsaturated/α-hetero) is 1. The first kappa shape index (κ1) is 10.6. The zero-order valence-corrected chi connectivity index (χ0v) is 8.90. The van der Waals surface area contributed by atoms with E-state index in [0.717, 1.165) is 12.8 Å². The highest BCUT2D eigenvalue weighted by atomic mass is 16.6.